The minimum Gasteiger partial charge on any atom is -0.493 e. The van der Waals surface area contributed by atoms with Crippen molar-refractivity contribution in [2.45, 2.75) is 20.0 Å². The maximum absolute atomic E-state index is 13.4. The highest BCUT2D eigenvalue weighted by atomic mass is 19.1. The summed E-state index contributed by atoms with van der Waals surface area (Å²) in [4.78, 5) is 10.7. The van der Waals surface area contributed by atoms with Gasteiger partial charge in [-0.1, -0.05) is 0 Å². The molecule has 0 spiro atoms. The topological polar surface area (TPSA) is 55.8 Å². The van der Waals surface area contributed by atoms with E-state index in [1.54, 1.807) is 13.8 Å². The smallest absolute Gasteiger partial charge is 0.338 e. The Balaban J connectivity index is 3.21. The van der Waals surface area contributed by atoms with Crippen LogP contribution in [0.2, 0.25) is 0 Å². The van der Waals surface area contributed by atoms with Gasteiger partial charge in [0.2, 0.25) is 0 Å². The molecule has 0 aliphatic carbocycles. The quantitative estimate of drug-likeness (QED) is 0.859. The van der Waals surface area contributed by atoms with Gasteiger partial charge >= 0.3 is 5.97 Å². The zero-order valence-electron chi connectivity index (χ0n) is 9.28. The van der Waals surface area contributed by atoms with E-state index in [9.17, 15) is 9.18 Å². The number of rotatable bonds is 4. The molecule has 0 aliphatic rings. The summed E-state index contributed by atoms with van der Waals surface area (Å²) in [5.41, 5.74) is -0.437. The highest BCUT2D eigenvalue weighted by molar-refractivity contribution is 5.88. The minimum absolute atomic E-state index is 0.149. The van der Waals surface area contributed by atoms with Crippen LogP contribution < -0.4 is 9.47 Å². The molecule has 1 aromatic carbocycles. The fourth-order valence-electron chi connectivity index (χ4n) is 1.20. The zero-order chi connectivity index (χ0) is 12.3. The number of carbonyl (C=O) groups is 1. The second kappa shape index (κ2) is 4.83. The fraction of sp³-hybridized carbons (Fsp3) is 0.364. The molecule has 0 aliphatic heterocycles. The van der Waals surface area contributed by atoms with Crippen molar-refractivity contribution >= 4 is 5.97 Å². The van der Waals surface area contributed by atoms with E-state index in [-0.39, 0.29) is 17.6 Å². The Kier molecular flexibility index (Phi) is 3.71. The van der Waals surface area contributed by atoms with Crippen molar-refractivity contribution in [3.05, 3.63) is 23.5 Å². The Hall–Kier alpha value is -1.78. The van der Waals surface area contributed by atoms with Crippen LogP contribution in [0.4, 0.5) is 4.39 Å². The van der Waals surface area contributed by atoms with Crippen molar-refractivity contribution in [1.29, 1.82) is 0 Å². The predicted molar refractivity (Wildman–Crippen MR) is 55.7 cm³/mol. The van der Waals surface area contributed by atoms with E-state index >= 15 is 0 Å². The molecule has 5 heteroatoms. The third-order valence-corrected chi connectivity index (χ3v) is 1.85. The van der Waals surface area contributed by atoms with E-state index in [0.29, 0.717) is 0 Å². The molecule has 1 aromatic rings. The molecule has 0 saturated heterocycles. The standard InChI is InChI=1S/C11H13FO4/c1-6(2)16-10-5-8(12)7(11(13)14)4-9(10)15-3/h4-6H,1-3H3,(H,13,14). The normalized spacial score (nSPS) is 10.3. The van der Waals surface area contributed by atoms with Gasteiger partial charge in [-0.25, -0.2) is 9.18 Å². The number of hydrogen-bond donors (Lipinski definition) is 1. The molecular formula is C11H13FO4. The van der Waals surface area contributed by atoms with Gasteiger partial charge in [-0.3, -0.25) is 0 Å². The van der Waals surface area contributed by atoms with Crippen LogP contribution in [-0.2, 0) is 0 Å². The molecule has 0 bridgehead atoms. The lowest BCUT2D eigenvalue weighted by atomic mass is 10.2. The van der Waals surface area contributed by atoms with Crippen LogP contribution in [0.1, 0.15) is 24.2 Å². The first kappa shape index (κ1) is 12.3. The van der Waals surface area contributed by atoms with E-state index in [2.05, 4.69) is 0 Å². The largest absolute Gasteiger partial charge is 0.493 e. The molecule has 0 amide bonds. The third-order valence-electron chi connectivity index (χ3n) is 1.85. The summed E-state index contributed by atoms with van der Waals surface area (Å²) in [5, 5.41) is 8.72. The van der Waals surface area contributed by atoms with Crippen LogP contribution in [0.15, 0.2) is 12.1 Å². The number of methoxy groups -OCH3 is 1. The monoisotopic (exact) mass is 228 g/mol. The van der Waals surface area contributed by atoms with Crippen molar-refractivity contribution in [3.8, 4) is 11.5 Å². The number of carboxylic acid groups (broad SMARTS) is 1. The first-order valence-electron chi connectivity index (χ1n) is 4.73. The second-order valence-corrected chi connectivity index (χ2v) is 3.45. The van der Waals surface area contributed by atoms with E-state index in [4.69, 9.17) is 14.6 Å². The average Bonchev–Trinajstić information content (AvgIpc) is 2.16. The maximum atomic E-state index is 13.4. The minimum atomic E-state index is -1.34. The summed E-state index contributed by atoms with van der Waals surface area (Å²) in [6.07, 6.45) is -0.149. The maximum Gasteiger partial charge on any atom is 0.338 e. The van der Waals surface area contributed by atoms with Crippen molar-refractivity contribution in [1.82, 2.24) is 0 Å². The molecule has 0 saturated carbocycles. The molecule has 0 radical (unpaired) electrons. The summed E-state index contributed by atoms with van der Waals surface area (Å²) in [5.74, 6) is -1.79. The number of ether oxygens (including phenoxy) is 2. The van der Waals surface area contributed by atoms with Gasteiger partial charge in [0.1, 0.15) is 5.82 Å². The van der Waals surface area contributed by atoms with E-state index < -0.39 is 17.3 Å². The van der Waals surface area contributed by atoms with E-state index in [1.807, 2.05) is 0 Å². The number of hydrogen-bond acceptors (Lipinski definition) is 3. The van der Waals surface area contributed by atoms with Gasteiger partial charge in [-0.2, -0.15) is 0 Å². The van der Waals surface area contributed by atoms with E-state index in [0.717, 1.165) is 12.1 Å². The summed E-state index contributed by atoms with van der Waals surface area (Å²) in [7, 11) is 1.37. The summed E-state index contributed by atoms with van der Waals surface area (Å²) in [6.45, 7) is 3.56. The van der Waals surface area contributed by atoms with Crippen molar-refractivity contribution in [3.63, 3.8) is 0 Å². The lowest BCUT2D eigenvalue weighted by molar-refractivity contribution is 0.0691. The third kappa shape index (κ3) is 2.62. The van der Waals surface area contributed by atoms with E-state index in [1.165, 1.54) is 7.11 Å². The lowest BCUT2D eigenvalue weighted by Crippen LogP contribution is -2.09. The molecule has 0 atom stereocenters. The molecule has 0 fully saturated rings. The molecular weight excluding hydrogens is 215 g/mol. The number of aromatic carboxylic acids is 1. The molecule has 16 heavy (non-hydrogen) atoms. The number of halogens is 1. The first-order valence-corrected chi connectivity index (χ1v) is 4.73. The van der Waals surface area contributed by atoms with Crippen molar-refractivity contribution in [2.75, 3.05) is 7.11 Å². The summed E-state index contributed by atoms with van der Waals surface area (Å²) < 4.78 is 23.6. The predicted octanol–water partition coefficient (Wildman–Crippen LogP) is 2.32. The summed E-state index contributed by atoms with van der Waals surface area (Å²) >= 11 is 0. The molecule has 0 unspecified atom stereocenters. The molecule has 1 N–H and O–H groups in total. The van der Waals surface area contributed by atoms with Crippen LogP contribution in [0, 0.1) is 5.82 Å². The Morgan fingerprint density at radius 3 is 2.44 bits per heavy atom. The van der Waals surface area contributed by atoms with Crippen LogP contribution >= 0.6 is 0 Å². The number of benzene rings is 1. The Bertz CT molecular complexity index is 401. The molecule has 0 aromatic heterocycles. The molecule has 0 heterocycles. The van der Waals surface area contributed by atoms with Gasteiger partial charge in [0, 0.05) is 12.1 Å². The molecule has 1 rings (SSSR count). The van der Waals surface area contributed by atoms with Crippen LogP contribution in [-0.4, -0.2) is 24.3 Å². The number of carboxylic acids is 1. The zero-order valence-corrected chi connectivity index (χ0v) is 9.28. The fourth-order valence-corrected chi connectivity index (χ4v) is 1.20. The molecule has 88 valence electrons. The SMILES string of the molecule is COc1cc(C(=O)O)c(F)cc1OC(C)C. The van der Waals surface area contributed by atoms with Gasteiger partial charge in [-0.15, -0.1) is 0 Å². The first-order chi connectivity index (χ1) is 7.45. The Labute approximate surface area is 92.6 Å². The second-order valence-electron chi connectivity index (χ2n) is 3.45. The van der Waals surface area contributed by atoms with Gasteiger partial charge in [-0.05, 0) is 13.8 Å². The van der Waals surface area contributed by atoms with Crippen molar-refractivity contribution < 1.29 is 23.8 Å². The Morgan fingerprint density at radius 1 is 1.38 bits per heavy atom. The summed E-state index contributed by atoms with van der Waals surface area (Å²) in [6, 6.07) is 2.12. The lowest BCUT2D eigenvalue weighted by Gasteiger charge is -2.14. The van der Waals surface area contributed by atoms with Gasteiger partial charge in [0.15, 0.2) is 11.5 Å². The van der Waals surface area contributed by atoms with Crippen LogP contribution in [0.5, 0.6) is 11.5 Å². The van der Waals surface area contributed by atoms with Crippen LogP contribution in [0.25, 0.3) is 0 Å². The van der Waals surface area contributed by atoms with Crippen molar-refractivity contribution in [2.24, 2.45) is 0 Å². The molecule has 4 nitrogen and oxygen atoms in total. The highest BCUT2D eigenvalue weighted by Gasteiger charge is 2.16. The van der Waals surface area contributed by atoms with Gasteiger partial charge in [0.05, 0.1) is 18.8 Å². The Morgan fingerprint density at radius 2 is 2.00 bits per heavy atom. The average molecular weight is 228 g/mol. The van der Waals surface area contributed by atoms with Crippen LogP contribution in [0.3, 0.4) is 0 Å². The highest BCUT2D eigenvalue weighted by Crippen LogP contribution is 2.30. The van der Waals surface area contributed by atoms with Gasteiger partial charge in [0.25, 0.3) is 0 Å². The van der Waals surface area contributed by atoms with Gasteiger partial charge < -0.3 is 14.6 Å².